The zero-order valence-corrected chi connectivity index (χ0v) is 9.38. The molecule has 0 aliphatic heterocycles. The van der Waals surface area contributed by atoms with E-state index in [9.17, 15) is 14.8 Å². The monoisotopic (exact) mass is 235 g/mol. The largest absolute Gasteiger partial charge is 0.510 e. The molecule has 5 nitrogen and oxygen atoms in total. The number of aliphatic hydroxyl groups excluding tert-OH is 1. The van der Waals surface area contributed by atoms with E-state index in [1.54, 1.807) is 0 Å². The minimum absolute atomic E-state index is 0.0802. The molecule has 0 aliphatic rings. The molecule has 0 radical (unpaired) electrons. The zero-order chi connectivity index (χ0) is 12.8. The summed E-state index contributed by atoms with van der Waals surface area (Å²) in [7, 11) is 0. The number of carboxylic acid groups (broad SMARTS) is 1. The van der Waals surface area contributed by atoms with E-state index < -0.39 is 17.4 Å². The van der Waals surface area contributed by atoms with Gasteiger partial charge >= 0.3 is 5.97 Å². The topological polar surface area (TPSA) is 87.0 Å². The van der Waals surface area contributed by atoms with Crippen molar-refractivity contribution in [2.24, 2.45) is 5.18 Å². The van der Waals surface area contributed by atoms with Crippen molar-refractivity contribution in [3.05, 3.63) is 51.8 Å². The number of nitroso groups, excluding NO2 is 1. The molecule has 0 bridgehead atoms. The normalized spacial score (nSPS) is 11.8. The number of carboxylic acids is 1. The molecule has 0 atom stereocenters. The Labute approximate surface area is 98.4 Å². The first kappa shape index (κ1) is 12.9. The van der Waals surface area contributed by atoms with E-state index in [-0.39, 0.29) is 6.42 Å². The van der Waals surface area contributed by atoms with Crippen molar-refractivity contribution < 1.29 is 15.0 Å². The zero-order valence-electron chi connectivity index (χ0n) is 9.38. The van der Waals surface area contributed by atoms with E-state index >= 15 is 0 Å². The van der Waals surface area contributed by atoms with E-state index in [0.717, 1.165) is 11.1 Å². The predicted molar refractivity (Wildman–Crippen MR) is 62.6 cm³/mol. The van der Waals surface area contributed by atoms with Crippen LogP contribution in [0.15, 0.2) is 40.9 Å². The fourth-order valence-corrected chi connectivity index (χ4v) is 1.46. The second-order valence-electron chi connectivity index (χ2n) is 3.68. The highest BCUT2D eigenvalue weighted by molar-refractivity contribution is 5.86. The van der Waals surface area contributed by atoms with E-state index in [1.807, 2.05) is 31.2 Å². The Morgan fingerprint density at radius 1 is 1.35 bits per heavy atom. The molecule has 1 aromatic rings. The Morgan fingerprint density at radius 3 is 2.59 bits per heavy atom. The van der Waals surface area contributed by atoms with Crippen LogP contribution in [0, 0.1) is 11.8 Å². The molecule has 0 saturated carbocycles. The minimum Gasteiger partial charge on any atom is -0.510 e. The summed E-state index contributed by atoms with van der Waals surface area (Å²) in [6.45, 7) is 1.94. The number of rotatable bonds is 5. The maximum atomic E-state index is 10.5. The summed E-state index contributed by atoms with van der Waals surface area (Å²) in [6, 6.07) is 7.62. The van der Waals surface area contributed by atoms with Crippen LogP contribution in [0.4, 0.5) is 0 Å². The van der Waals surface area contributed by atoms with Gasteiger partial charge < -0.3 is 10.2 Å². The summed E-state index contributed by atoms with van der Waals surface area (Å²) < 4.78 is 0. The number of aryl methyl sites for hydroxylation is 2. The molecule has 0 aliphatic carbocycles. The Hall–Kier alpha value is -2.17. The molecule has 5 heteroatoms. The number of aliphatic hydroxyl groups is 1. The molecule has 0 unspecified atom stereocenters. The van der Waals surface area contributed by atoms with Gasteiger partial charge in [-0.05, 0) is 24.1 Å². The summed E-state index contributed by atoms with van der Waals surface area (Å²) in [5.41, 5.74) is 1.22. The second-order valence-corrected chi connectivity index (χ2v) is 3.68. The van der Waals surface area contributed by atoms with Crippen LogP contribution in [0.25, 0.3) is 0 Å². The van der Waals surface area contributed by atoms with Gasteiger partial charge in [0.1, 0.15) is 5.76 Å². The summed E-state index contributed by atoms with van der Waals surface area (Å²) in [5, 5.41) is 20.3. The fourth-order valence-electron chi connectivity index (χ4n) is 1.46. The molecule has 2 N–H and O–H groups in total. The molecular weight excluding hydrogens is 222 g/mol. The maximum Gasteiger partial charge on any atom is 0.361 e. The number of benzene rings is 1. The van der Waals surface area contributed by atoms with Gasteiger partial charge in [0.25, 0.3) is 0 Å². The number of nitrogens with zero attached hydrogens (tertiary/aromatic N) is 1. The smallest absolute Gasteiger partial charge is 0.361 e. The number of carbonyl (C=O) groups is 1. The minimum atomic E-state index is -1.51. The van der Waals surface area contributed by atoms with Crippen molar-refractivity contribution in [1.82, 2.24) is 0 Å². The van der Waals surface area contributed by atoms with E-state index in [4.69, 9.17) is 5.11 Å². The second kappa shape index (κ2) is 5.79. The van der Waals surface area contributed by atoms with Crippen LogP contribution in [0.2, 0.25) is 0 Å². The average Bonchev–Trinajstić information content (AvgIpc) is 2.27. The molecule has 0 aromatic heterocycles. The Morgan fingerprint density at radius 2 is 2.06 bits per heavy atom. The Bertz CT molecular complexity index is 465. The first-order valence-corrected chi connectivity index (χ1v) is 5.09. The van der Waals surface area contributed by atoms with Crippen molar-refractivity contribution in [1.29, 1.82) is 0 Å². The van der Waals surface area contributed by atoms with Crippen LogP contribution >= 0.6 is 0 Å². The first-order chi connectivity index (χ1) is 8.04. The van der Waals surface area contributed by atoms with Gasteiger partial charge in [-0.3, -0.25) is 0 Å². The van der Waals surface area contributed by atoms with Crippen LogP contribution in [0.3, 0.4) is 0 Å². The number of hydrogen-bond acceptors (Lipinski definition) is 4. The summed E-state index contributed by atoms with van der Waals surface area (Å²) >= 11 is 0. The third kappa shape index (κ3) is 3.71. The molecule has 90 valence electrons. The summed E-state index contributed by atoms with van der Waals surface area (Å²) in [5.74, 6) is -2.00. The van der Waals surface area contributed by atoms with E-state index in [1.165, 1.54) is 0 Å². The predicted octanol–water partition coefficient (Wildman–Crippen LogP) is 2.55. The highest BCUT2D eigenvalue weighted by atomic mass is 16.4. The average molecular weight is 235 g/mol. The van der Waals surface area contributed by atoms with Crippen LogP contribution in [0.1, 0.15) is 17.5 Å². The lowest BCUT2D eigenvalue weighted by atomic mass is 10.1. The standard InChI is InChI=1S/C12H13NO4/c1-8-3-2-4-9(7-8)5-6-10(14)11(13-17)12(15)16/h2-4,7,14H,5-6H2,1H3,(H,15,16). The number of aliphatic carboxylic acids is 1. The molecule has 0 heterocycles. The van der Waals surface area contributed by atoms with Crippen molar-refractivity contribution in [3.8, 4) is 0 Å². The lowest BCUT2D eigenvalue weighted by Gasteiger charge is -2.03. The lowest BCUT2D eigenvalue weighted by Crippen LogP contribution is -2.03. The quantitative estimate of drug-likeness (QED) is 0.466. The van der Waals surface area contributed by atoms with Crippen molar-refractivity contribution >= 4 is 5.97 Å². The molecule has 1 rings (SSSR count). The van der Waals surface area contributed by atoms with Crippen molar-refractivity contribution in [3.63, 3.8) is 0 Å². The SMILES string of the molecule is Cc1cccc(CCC(O)=C(N=O)C(=O)O)c1. The van der Waals surface area contributed by atoms with Gasteiger partial charge in [0, 0.05) is 6.42 Å². The molecule has 0 amide bonds. The molecule has 1 aromatic carbocycles. The van der Waals surface area contributed by atoms with Crippen molar-refractivity contribution in [2.75, 3.05) is 0 Å². The molecule has 17 heavy (non-hydrogen) atoms. The number of hydrogen-bond donors (Lipinski definition) is 2. The van der Waals surface area contributed by atoms with Gasteiger partial charge in [-0.1, -0.05) is 29.8 Å². The van der Waals surface area contributed by atoms with E-state index in [0.29, 0.717) is 6.42 Å². The fraction of sp³-hybridized carbons (Fsp3) is 0.250. The van der Waals surface area contributed by atoms with Gasteiger partial charge in [-0.25, -0.2) is 4.79 Å². The third-order valence-electron chi connectivity index (χ3n) is 2.30. The molecular formula is C12H13NO4. The van der Waals surface area contributed by atoms with Gasteiger partial charge in [0.15, 0.2) is 0 Å². The Balaban J connectivity index is 2.74. The summed E-state index contributed by atoms with van der Waals surface area (Å²) in [4.78, 5) is 20.7. The van der Waals surface area contributed by atoms with Gasteiger partial charge in [-0.2, -0.15) is 0 Å². The lowest BCUT2D eigenvalue weighted by molar-refractivity contribution is -0.132. The first-order valence-electron chi connectivity index (χ1n) is 5.09. The van der Waals surface area contributed by atoms with Crippen LogP contribution < -0.4 is 0 Å². The number of allylic oxidation sites excluding steroid dienone is 1. The van der Waals surface area contributed by atoms with Gasteiger partial charge in [0.05, 0.1) is 0 Å². The van der Waals surface area contributed by atoms with Crippen molar-refractivity contribution in [2.45, 2.75) is 19.8 Å². The highest BCUT2D eigenvalue weighted by Crippen LogP contribution is 2.13. The Kier molecular flexibility index (Phi) is 4.39. The molecule has 0 saturated heterocycles. The van der Waals surface area contributed by atoms with Gasteiger partial charge in [0.2, 0.25) is 5.70 Å². The van der Waals surface area contributed by atoms with Gasteiger partial charge in [-0.15, -0.1) is 4.91 Å². The van der Waals surface area contributed by atoms with Crippen LogP contribution in [0.5, 0.6) is 0 Å². The van der Waals surface area contributed by atoms with Crippen LogP contribution in [-0.2, 0) is 11.2 Å². The maximum absolute atomic E-state index is 10.5. The molecule has 0 spiro atoms. The van der Waals surface area contributed by atoms with E-state index in [2.05, 4.69) is 5.18 Å². The third-order valence-corrected chi connectivity index (χ3v) is 2.30. The highest BCUT2D eigenvalue weighted by Gasteiger charge is 2.14. The van der Waals surface area contributed by atoms with Crippen LogP contribution in [-0.4, -0.2) is 16.2 Å². The summed E-state index contributed by atoms with van der Waals surface area (Å²) in [6.07, 6.45) is 0.538. The molecule has 0 fully saturated rings.